The van der Waals surface area contributed by atoms with Crippen molar-refractivity contribution >= 4 is 10.9 Å². The Morgan fingerprint density at radius 3 is 2.82 bits per heavy atom. The molecule has 1 aliphatic heterocycles. The highest BCUT2D eigenvalue weighted by atomic mass is 15.2. The Morgan fingerprint density at radius 2 is 2.12 bits per heavy atom. The summed E-state index contributed by atoms with van der Waals surface area (Å²) in [7, 11) is 4.34. The van der Waals surface area contributed by atoms with Gasteiger partial charge in [0.15, 0.2) is 0 Å². The zero-order valence-corrected chi connectivity index (χ0v) is 10.5. The third-order valence-electron chi connectivity index (χ3n) is 3.78. The van der Waals surface area contributed by atoms with Crippen LogP contribution < -0.4 is 5.32 Å². The lowest BCUT2D eigenvalue weighted by Crippen LogP contribution is -2.55. The maximum atomic E-state index is 3.32. The Morgan fingerprint density at radius 1 is 1.35 bits per heavy atom. The molecule has 0 saturated carbocycles. The van der Waals surface area contributed by atoms with Crippen LogP contribution in [0.1, 0.15) is 5.56 Å². The lowest BCUT2D eigenvalue weighted by molar-refractivity contribution is 0.173. The summed E-state index contributed by atoms with van der Waals surface area (Å²) < 4.78 is 2.22. The first-order chi connectivity index (χ1) is 8.25. The molecule has 1 aromatic carbocycles. The Hall–Kier alpha value is -1.32. The monoisotopic (exact) mass is 229 g/mol. The topological polar surface area (TPSA) is 20.2 Å². The van der Waals surface area contributed by atoms with Crippen molar-refractivity contribution in [3.05, 3.63) is 36.0 Å². The van der Waals surface area contributed by atoms with Gasteiger partial charge < -0.3 is 9.88 Å². The third-order valence-corrected chi connectivity index (χ3v) is 3.78. The number of nitrogens with one attached hydrogen (secondary N) is 1. The molecule has 3 rings (SSSR count). The third kappa shape index (κ3) is 1.85. The molecule has 3 nitrogen and oxygen atoms in total. The van der Waals surface area contributed by atoms with Gasteiger partial charge in [0.1, 0.15) is 0 Å². The standard InChI is InChI=1S/C14H19N3/c1-16(12-7-15-8-12)9-11-10-17(2)14-6-4-3-5-13(11)14/h3-6,10,12,15H,7-9H2,1-2H3. The largest absolute Gasteiger partial charge is 0.350 e. The molecule has 1 N–H and O–H groups in total. The van der Waals surface area contributed by atoms with Crippen LogP contribution in [-0.4, -0.2) is 35.6 Å². The normalized spacial score (nSPS) is 16.6. The van der Waals surface area contributed by atoms with Crippen LogP contribution in [0.5, 0.6) is 0 Å². The molecule has 2 heterocycles. The van der Waals surface area contributed by atoms with Gasteiger partial charge >= 0.3 is 0 Å². The van der Waals surface area contributed by atoms with E-state index in [-0.39, 0.29) is 0 Å². The van der Waals surface area contributed by atoms with Gasteiger partial charge in [0.05, 0.1) is 0 Å². The number of rotatable bonds is 3. The lowest BCUT2D eigenvalue weighted by Gasteiger charge is -2.35. The molecule has 0 radical (unpaired) electrons. The van der Waals surface area contributed by atoms with Gasteiger partial charge in [-0.1, -0.05) is 18.2 Å². The van der Waals surface area contributed by atoms with Gasteiger partial charge in [-0.25, -0.2) is 0 Å². The summed E-state index contributed by atoms with van der Waals surface area (Å²) in [5, 5.41) is 4.71. The molecule has 0 spiro atoms. The Kier molecular flexibility index (Phi) is 2.65. The van der Waals surface area contributed by atoms with Crippen molar-refractivity contribution in [2.75, 3.05) is 20.1 Å². The number of fused-ring (bicyclic) bond motifs is 1. The fourth-order valence-corrected chi connectivity index (χ4v) is 2.53. The van der Waals surface area contributed by atoms with Crippen molar-refractivity contribution in [3.8, 4) is 0 Å². The number of para-hydroxylation sites is 1. The van der Waals surface area contributed by atoms with Crippen LogP contribution in [-0.2, 0) is 13.6 Å². The van der Waals surface area contributed by atoms with Crippen molar-refractivity contribution in [1.29, 1.82) is 0 Å². The second-order valence-electron chi connectivity index (χ2n) is 5.01. The van der Waals surface area contributed by atoms with Crippen molar-refractivity contribution in [2.24, 2.45) is 7.05 Å². The van der Waals surface area contributed by atoms with Gasteiger partial charge in [-0.05, 0) is 18.7 Å². The van der Waals surface area contributed by atoms with Crippen LogP contribution in [0.4, 0.5) is 0 Å². The highest BCUT2D eigenvalue weighted by Crippen LogP contribution is 2.22. The van der Waals surface area contributed by atoms with Gasteiger partial charge in [-0.15, -0.1) is 0 Å². The minimum Gasteiger partial charge on any atom is -0.350 e. The Labute approximate surface area is 102 Å². The molecule has 0 amide bonds. The van der Waals surface area contributed by atoms with Crippen LogP contribution in [0.15, 0.2) is 30.5 Å². The average Bonchev–Trinajstić information content (AvgIpc) is 2.54. The highest BCUT2D eigenvalue weighted by Gasteiger charge is 2.22. The molecular weight excluding hydrogens is 210 g/mol. The molecule has 17 heavy (non-hydrogen) atoms. The summed E-state index contributed by atoms with van der Waals surface area (Å²) in [5.74, 6) is 0. The van der Waals surface area contributed by atoms with Crippen molar-refractivity contribution in [1.82, 2.24) is 14.8 Å². The molecule has 1 saturated heterocycles. The van der Waals surface area contributed by atoms with Gasteiger partial charge in [0, 0.05) is 49.8 Å². The molecular formula is C14H19N3. The number of hydrogen-bond acceptors (Lipinski definition) is 2. The molecule has 0 unspecified atom stereocenters. The van der Waals surface area contributed by atoms with E-state index in [4.69, 9.17) is 0 Å². The quantitative estimate of drug-likeness (QED) is 0.862. The summed E-state index contributed by atoms with van der Waals surface area (Å²) in [5.41, 5.74) is 2.75. The van der Waals surface area contributed by atoms with Crippen LogP contribution in [0, 0.1) is 0 Å². The van der Waals surface area contributed by atoms with E-state index in [1.54, 1.807) is 0 Å². The van der Waals surface area contributed by atoms with Crippen molar-refractivity contribution < 1.29 is 0 Å². The molecule has 3 heteroatoms. The number of aromatic nitrogens is 1. The summed E-state index contributed by atoms with van der Waals surface area (Å²) >= 11 is 0. The van der Waals surface area contributed by atoms with Crippen molar-refractivity contribution in [3.63, 3.8) is 0 Å². The fourth-order valence-electron chi connectivity index (χ4n) is 2.53. The first kappa shape index (κ1) is 10.8. The smallest absolute Gasteiger partial charge is 0.0481 e. The van der Waals surface area contributed by atoms with Crippen LogP contribution in [0.3, 0.4) is 0 Å². The maximum Gasteiger partial charge on any atom is 0.0481 e. The molecule has 90 valence electrons. The molecule has 1 aliphatic rings. The van der Waals surface area contributed by atoms with E-state index in [1.165, 1.54) is 16.5 Å². The predicted molar refractivity (Wildman–Crippen MR) is 71.0 cm³/mol. The van der Waals surface area contributed by atoms with Gasteiger partial charge in [0.25, 0.3) is 0 Å². The van der Waals surface area contributed by atoms with E-state index in [1.807, 2.05) is 0 Å². The summed E-state index contributed by atoms with van der Waals surface area (Å²) in [6.45, 7) is 3.29. The van der Waals surface area contributed by atoms with Gasteiger partial charge in [-0.2, -0.15) is 0 Å². The fraction of sp³-hybridized carbons (Fsp3) is 0.429. The number of aryl methyl sites for hydroxylation is 1. The molecule has 0 atom stereocenters. The molecule has 0 bridgehead atoms. The Bertz CT molecular complexity index is 525. The van der Waals surface area contributed by atoms with E-state index >= 15 is 0 Å². The predicted octanol–water partition coefficient (Wildman–Crippen LogP) is 1.58. The minimum atomic E-state index is 0.703. The zero-order chi connectivity index (χ0) is 11.8. The van der Waals surface area contributed by atoms with Gasteiger partial charge in [-0.3, -0.25) is 4.90 Å². The second-order valence-corrected chi connectivity index (χ2v) is 5.01. The first-order valence-corrected chi connectivity index (χ1v) is 6.19. The van der Waals surface area contributed by atoms with E-state index in [0.717, 1.165) is 19.6 Å². The second kappa shape index (κ2) is 4.17. The van der Waals surface area contributed by atoms with Crippen LogP contribution in [0.25, 0.3) is 10.9 Å². The number of benzene rings is 1. The molecule has 1 aromatic heterocycles. The lowest BCUT2D eigenvalue weighted by atomic mass is 10.1. The summed E-state index contributed by atoms with van der Waals surface area (Å²) in [4.78, 5) is 2.44. The summed E-state index contributed by atoms with van der Waals surface area (Å²) in [6.07, 6.45) is 2.26. The number of nitrogens with zero attached hydrogens (tertiary/aromatic N) is 2. The zero-order valence-electron chi connectivity index (χ0n) is 10.5. The van der Waals surface area contributed by atoms with E-state index < -0.39 is 0 Å². The first-order valence-electron chi connectivity index (χ1n) is 6.19. The van der Waals surface area contributed by atoms with Crippen molar-refractivity contribution in [2.45, 2.75) is 12.6 Å². The average molecular weight is 229 g/mol. The van der Waals surface area contributed by atoms with Gasteiger partial charge in [0.2, 0.25) is 0 Å². The summed E-state index contributed by atoms with van der Waals surface area (Å²) in [6, 6.07) is 9.33. The van der Waals surface area contributed by atoms with Crippen LogP contribution in [0.2, 0.25) is 0 Å². The molecule has 0 aliphatic carbocycles. The van der Waals surface area contributed by atoms with E-state index in [0.29, 0.717) is 6.04 Å². The van der Waals surface area contributed by atoms with E-state index in [2.05, 4.69) is 59.3 Å². The maximum absolute atomic E-state index is 3.32. The molecule has 2 aromatic rings. The number of hydrogen-bond donors (Lipinski definition) is 1. The Balaban J connectivity index is 1.89. The minimum absolute atomic E-state index is 0.703. The van der Waals surface area contributed by atoms with E-state index in [9.17, 15) is 0 Å². The number of likely N-dealkylation sites (N-methyl/N-ethyl adjacent to an activating group) is 1. The highest BCUT2D eigenvalue weighted by molar-refractivity contribution is 5.83. The molecule has 1 fully saturated rings. The SMILES string of the molecule is CN(Cc1cn(C)c2ccccc12)C1CNC1. The van der Waals surface area contributed by atoms with Crippen LogP contribution >= 0.6 is 0 Å².